The monoisotopic (exact) mass is 426 g/mol. The number of rotatable bonds is 10. The van der Waals surface area contributed by atoms with Crippen molar-refractivity contribution in [1.29, 1.82) is 0 Å². The molecular weight excluding hydrogens is 406 g/mol. The lowest BCUT2D eigenvalue weighted by atomic mass is 10.1. The molecule has 0 aromatic carbocycles. The fraction of sp³-hybridized carbons (Fsp3) is 0.385. The highest BCUT2D eigenvalue weighted by molar-refractivity contribution is 7.51. The lowest BCUT2D eigenvalue weighted by Crippen LogP contribution is -2.34. The van der Waals surface area contributed by atoms with E-state index in [2.05, 4.69) is 14.8 Å². The summed E-state index contributed by atoms with van der Waals surface area (Å²) in [6, 6.07) is -1.33. The molecule has 7 N–H and O–H groups in total. The van der Waals surface area contributed by atoms with Crippen molar-refractivity contribution in [3.05, 3.63) is 35.2 Å². The molecule has 12 nitrogen and oxygen atoms in total. The molecule has 1 rings (SSSR count). The predicted octanol–water partition coefficient (Wildman–Crippen LogP) is -0.0184. The van der Waals surface area contributed by atoms with Crippen LogP contribution in [0.5, 0.6) is 5.75 Å². The van der Waals surface area contributed by atoms with Gasteiger partial charge in [0.05, 0.1) is 18.5 Å². The average molecular weight is 426 g/mol. The average Bonchev–Trinajstić information content (AvgIpc) is 2.50. The molecule has 0 fully saturated rings. The molecule has 0 aliphatic rings. The molecule has 0 saturated carbocycles. The minimum Gasteiger partial charge on any atom is -0.506 e. The number of carboxylic acid groups (broad SMARTS) is 1. The molecule has 152 valence electrons. The molecule has 1 unspecified atom stereocenters. The zero-order valence-electron chi connectivity index (χ0n) is 14.1. The van der Waals surface area contributed by atoms with Crippen LogP contribution in [-0.2, 0) is 31.6 Å². The number of hydrogen-bond donors (Lipinski definition) is 7. The van der Waals surface area contributed by atoms with Crippen molar-refractivity contribution in [3.63, 3.8) is 0 Å². The molecule has 0 amide bonds. The van der Waals surface area contributed by atoms with E-state index in [0.29, 0.717) is 0 Å². The second kappa shape index (κ2) is 9.54. The predicted molar refractivity (Wildman–Crippen MR) is 91.8 cm³/mol. The summed E-state index contributed by atoms with van der Waals surface area (Å²) < 4.78 is 26.0. The third-order valence-electron chi connectivity index (χ3n) is 3.26. The number of aryl methyl sites for hydroxylation is 1. The first-order valence-electron chi connectivity index (χ1n) is 7.34. The van der Waals surface area contributed by atoms with Gasteiger partial charge in [0.1, 0.15) is 11.8 Å². The first kappa shape index (κ1) is 23.4. The number of carboxylic acids is 1. The van der Waals surface area contributed by atoms with E-state index in [0.717, 1.165) is 12.2 Å². The van der Waals surface area contributed by atoms with Crippen molar-refractivity contribution in [1.82, 2.24) is 10.3 Å². The lowest BCUT2D eigenvalue weighted by Gasteiger charge is -2.16. The van der Waals surface area contributed by atoms with Gasteiger partial charge in [0, 0.05) is 23.9 Å². The maximum Gasteiger partial charge on any atom is 0.469 e. The molecule has 1 aromatic rings. The fourth-order valence-electron chi connectivity index (χ4n) is 1.94. The summed E-state index contributed by atoms with van der Waals surface area (Å²) in [4.78, 5) is 50.2. The second-order valence-corrected chi connectivity index (χ2v) is 8.37. The first-order chi connectivity index (χ1) is 12.3. The number of pyridine rings is 1. The number of nitrogens with one attached hydrogen (secondary N) is 1. The molecule has 0 saturated heterocycles. The van der Waals surface area contributed by atoms with E-state index in [-0.39, 0.29) is 29.1 Å². The van der Waals surface area contributed by atoms with E-state index < -0.39 is 40.2 Å². The van der Waals surface area contributed by atoms with Gasteiger partial charge in [-0.15, -0.1) is 0 Å². The van der Waals surface area contributed by atoms with E-state index >= 15 is 0 Å². The van der Waals surface area contributed by atoms with Gasteiger partial charge < -0.3 is 29.8 Å². The quantitative estimate of drug-likeness (QED) is 0.195. The Hall–Kier alpha value is -1.62. The number of nitrogens with zero attached hydrogens (tertiary/aromatic N) is 1. The number of aromatic nitrogens is 1. The van der Waals surface area contributed by atoms with Crippen LogP contribution in [0.4, 0.5) is 0 Å². The van der Waals surface area contributed by atoms with Gasteiger partial charge in [-0.3, -0.25) is 24.2 Å². The van der Waals surface area contributed by atoms with Crippen LogP contribution in [0.25, 0.3) is 0 Å². The van der Waals surface area contributed by atoms with E-state index in [1.165, 1.54) is 13.1 Å². The van der Waals surface area contributed by atoms with E-state index in [9.17, 15) is 24.1 Å². The van der Waals surface area contributed by atoms with E-state index in [1.807, 2.05) is 0 Å². The molecule has 0 radical (unpaired) electrons. The third-order valence-corrected chi connectivity index (χ3v) is 4.41. The minimum absolute atomic E-state index is 0.116. The Morgan fingerprint density at radius 1 is 1.33 bits per heavy atom. The number of hydrogen-bond acceptors (Lipinski definition) is 7. The Balaban J connectivity index is 2.97. The summed E-state index contributed by atoms with van der Waals surface area (Å²) in [5.41, 5.74) is 0.443. The van der Waals surface area contributed by atoms with Gasteiger partial charge in [-0.05, 0) is 6.92 Å². The molecule has 0 bridgehead atoms. The van der Waals surface area contributed by atoms with Gasteiger partial charge in [0.2, 0.25) is 0 Å². The van der Waals surface area contributed by atoms with Gasteiger partial charge in [-0.2, -0.15) is 0 Å². The van der Waals surface area contributed by atoms with Crippen LogP contribution in [0.3, 0.4) is 0 Å². The van der Waals surface area contributed by atoms with Crippen LogP contribution < -0.4 is 5.32 Å². The minimum atomic E-state index is -4.77. The SMILES string of the molecule is Cc1ncc(COP(=O)(O)O)c(CNC(/C=C\CP(=O)(O)O)C(=O)O)c1O. The number of allylic oxidation sites excluding steroid dienone is 1. The summed E-state index contributed by atoms with van der Waals surface area (Å²) in [7, 11) is -9.09. The Kier molecular flexibility index (Phi) is 8.27. The molecule has 27 heavy (non-hydrogen) atoms. The highest BCUT2D eigenvalue weighted by Gasteiger charge is 2.20. The van der Waals surface area contributed by atoms with Gasteiger partial charge in [-0.1, -0.05) is 12.2 Å². The standard InChI is InChI=1S/C13H20N2O10P2/c1-8-12(16)10(9(5-14-8)7-25-27(22,23)24)6-15-11(13(17)18)3-2-4-26(19,20)21/h2-3,5,11,15-16H,4,6-7H2,1H3,(H,17,18)(H2,19,20,21)(H2,22,23,24)/b3-2-. The summed E-state index contributed by atoms with van der Waals surface area (Å²) in [6.45, 7) is 0.654. The van der Waals surface area contributed by atoms with Gasteiger partial charge >= 0.3 is 21.4 Å². The number of aliphatic carboxylic acids is 1. The molecular formula is C13H20N2O10P2. The largest absolute Gasteiger partial charge is 0.506 e. The second-order valence-electron chi connectivity index (χ2n) is 5.43. The topological polar surface area (TPSA) is 207 Å². The molecule has 0 aliphatic heterocycles. The van der Waals surface area contributed by atoms with Gasteiger partial charge in [0.15, 0.2) is 0 Å². The molecule has 1 atom stereocenters. The molecule has 0 aliphatic carbocycles. The van der Waals surface area contributed by atoms with E-state index in [4.69, 9.17) is 19.6 Å². The van der Waals surface area contributed by atoms with Crippen molar-refractivity contribution in [3.8, 4) is 5.75 Å². The van der Waals surface area contributed by atoms with Crippen molar-refractivity contribution in [2.75, 3.05) is 6.16 Å². The number of carbonyl (C=O) groups is 1. The Labute approximate surface area is 153 Å². The summed E-state index contributed by atoms with van der Waals surface area (Å²) >= 11 is 0. The normalized spacial score (nSPS) is 13.8. The van der Waals surface area contributed by atoms with Crippen molar-refractivity contribution in [2.45, 2.75) is 26.1 Å². The third kappa shape index (κ3) is 8.74. The Morgan fingerprint density at radius 3 is 2.48 bits per heavy atom. The van der Waals surface area contributed by atoms with Crippen LogP contribution in [0, 0.1) is 6.92 Å². The van der Waals surface area contributed by atoms with Crippen molar-refractivity contribution in [2.24, 2.45) is 0 Å². The van der Waals surface area contributed by atoms with Crippen LogP contribution in [0.1, 0.15) is 16.8 Å². The van der Waals surface area contributed by atoms with Gasteiger partial charge in [0.25, 0.3) is 0 Å². The van der Waals surface area contributed by atoms with Crippen molar-refractivity contribution >= 4 is 21.4 Å². The summed E-state index contributed by atoms with van der Waals surface area (Å²) in [6.07, 6.45) is 2.64. The number of phosphoric ester groups is 1. The van der Waals surface area contributed by atoms with Crippen LogP contribution in [0.15, 0.2) is 18.3 Å². The molecule has 1 aromatic heterocycles. The highest BCUT2D eigenvalue weighted by Crippen LogP contribution is 2.38. The van der Waals surface area contributed by atoms with Gasteiger partial charge in [-0.25, -0.2) is 4.57 Å². The highest BCUT2D eigenvalue weighted by atomic mass is 31.2. The van der Waals surface area contributed by atoms with Crippen LogP contribution in [0.2, 0.25) is 0 Å². The maximum absolute atomic E-state index is 11.3. The lowest BCUT2D eigenvalue weighted by molar-refractivity contribution is -0.138. The fourth-order valence-corrected chi connectivity index (χ4v) is 2.65. The van der Waals surface area contributed by atoms with Crippen LogP contribution in [-0.4, -0.2) is 52.9 Å². The van der Waals surface area contributed by atoms with Crippen LogP contribution >= 0.6 is 15.4 Å². The summed E-state index contributed by atoms with van der Waals surface area (Å²) in [5.74, 6) is -1.65. The first-order valence-corrected chi connectivity index (χ1v) is 10.7. The zero-order valence-corrected chi connectivity index (χ0v) is 15.9. The van der Waals surface area contributed by atoms with Crippen molar-refractivity contribution < 1.29 is 48.2 Å². The summed E-state index contributed by atoms with van der Waals surface area (Å²) in [5, 5.41) is 21.8. The Bertz CT molecular complexity index is 801. The molecule has 14 heteroatoms. The Morgan fingerprint density at radius 2 is 1.96 bits per heavy atom. The molecule has 0 spiro atoms. The number of phosphoric acid groups is 1. The number of aromatic hydroxyl groups is 1. The smallest absolute Gasteiger partial charge is 0.469 e. The van der Waals surface area contributed by atoms with E-state index in [1.54, 1.807) is 0 Å². The molecule has 1 heterocycles. The maximum atomic E-state index is 11.3. The zero-order chi connectivity index (χ0) is 20.8.